The van der Waals surface area contributed by atoms with E-state index in [0.29, 0.717) is 12.6 Å². The zero-order valence-corrected chi connectivity index (χ0v) is 10.9. The first-order valence-electron chi connectivity index (χ1n) is 7.03. The zero-order chi connectivity index (χ0) is 12.1. The Labute approximate surface area is 104 Å². The molecule has 2 unspecified atom stereocenters. The Kier molecular flexibility index (Phi) is 4.80. The topological polar surface area (TPSA) is 44.4 Å². The van der Waals surface area contributed by atoms with E-state index in [4.69, 9.17) is 0 Å². The molecule has 0 aromatic heterocycles. The van der Waals surface area contributed by atoms with Crippen LogP contribution in [0.3, 0.4) is 0 Å². The van der Waals surface area contributed by atoms with Crippen molar-refractivity contribution in [2.75, 3.05) is 26.2 Å². The van der Waals surface area contributed by atoms with Gasteiger partial charge < -0.3 is 15.5 Å². The van der Waals surface area contributed by atoms with Gasteiger partial charge in [0.2, 0.25) is 5.91 Å². The first-order valence-corrected chi connectivity index (χ1v) is 7.03. The molecular formula is C13H25N3O. The van der Waals surface area contributed by atoms with Crippen LogP contribution in [-0.2, 0) is 4.79 Å². The summed E-state index contributed by atoms with van der Waals surface area (Å²) >= 11 is 0. The van der Waals surface area contributed by atoms with Gasteiger partial charge in [-0.25, -0.2) is 0 Å². The fraction of sp³-hybridized carbons (Fsp3) is 0.923. The Morgan fingerprint density at radius 3 is 3.06 bits per heavy atom. The molecule has 0 bridgehead atoms. The summed E-state index contributed by atoms with van der Waals surface area (Å²) in [5.41, 5.74) is 0. The molecule has 2 aliphatic heterocycles. The van der Waals surface area contributed by atoms with Gasteiger partial charge in [-0.15, -0.1) is 0 Å². The van der Waals surface area contributed by atoms with E-state index in [1.165, 1.54) is 19.4 Å². The molecule has 0 aromatic rings. The summed E-state index contributed by atoms with van der Waals surface area (Å²) in [6.45, 7) is 5.94. The molecule has 2 fully saturated rings. The van der Waals surface area contributed by atoms with Gasteiger partial charge in [0.05, 0.1) is 6.54 Å². The van der Waals surface area contributed by atoms with Crippen LogP contribution in [0.4, 0.5) is 0 Å². The van der Waals surface area contributed by atoms with E-state index in [0.717, 1.165) is 38.4 Å². The molecule has 0 aliphatic carbocycles. The van der Waals surface area contributed by atoms with Gasteiger partial charge in [-0.2, -0.15) is 0 Å². The van der Waals surface area contributed by atoms with Crippen molar-refractivity contribution in [3.8, 4) is 0 Å². The molecule has 98 valence electrons. The van der Waals surface area contributed by atoms with Gasteiger partial charge in [-0.1, -0.05) is 6.92 Å². The van der Waals surface area contributed by atoms with Crippen LogP contribution >= 0.6 is 0 Å². The minimum absolute atomic E-state index is 0.162. The van der Waals surface area contributed by atoms with E-state index >= 15 is 0 Å². The van der Waals surface area contributed by atoms with E-state index in [9.17, 15) is 4.79 Å². The van der Waals surface area contributed by atoms with Crippen LogP contribution in [0.15, 0.2) is 0 Å². The highest BCUT2D eigenvalue weighted by Gasteiger charge is 2.31. The summed E-state index contributed by atoms with van der Waals surface area (Å²) in [5, 5.41) is 6.31. The van der Waals surface area contributed by atoms with Crippen LogP contribution in [-0.4, -0.2) is 49.1 Å². The Balaban J connectivity index is 1.67. The number of piperidine rings is 1. The lowest BCUT2D eigenvalue weighted by molar-refractivity contribution is -0.121. The Bertz CT molecular complexity index is 257. The maximum Gasteiger partial charge on any atom is 0.234 e. The van der Waals surface area contributed by atoms with Crippen LogP contribution in [0.5, 0.6) is 0 Å². The molecule has 0 radical (unpaired) electrons. The number of carbonyl (C=O) groups excluding carboxylic acids is 1. The lowest BCUT2D eigenvalue weighted by Crippen LogP contribution is -2.49. The van der Waals surface area contributed by atoms with E-state index < -0.39 is 0 Å². The number of hydrogen-bond donors (Lipinski definition) is 2. The molecule has 2 heterocycles. The van der Waals surface area contributed by atoms with Crippen molar-refractivity contribution < 1.29 is 4.79 Å². The molecule has 1 amide bonds. The Morgan fingerprint density at radius 1 is 1.35 bits per heavy atom. The average molecular weight is 239 g/mol. The zero-order valence-electron chi connectivity index (χ0n) is 10.9. The summed E-state index contributed by atoms with van der Waals surface area (Å²) in [5.74, 6) is 0.162. The second-order valence-corrected chi connectivity index (χ2v) is 5.30. The molecular weight excluding hydrogens is 214 g/mol. The molecule has 0 spiro atoms. The van der Waals surface area contributed by atoms with Gasteiger partial charge in [0.1, 0.15) is 0 Å². The van der Waals surface area contributed by atoms with Crippen molar-refractivity contribution >= 4 is 5.91 Å². The van der Waals surface area contributed by atoms with Crippen molar-refractivity contribution in [2.45, 2.75) is 51.1 Å². The molecule has 17 heavy (non-hydrogen) atoms. The van der Waals surface area contributed by atoms with Gasteiger partial charge in [0.15, 0.2) is 0 Å². The van der Waals surface area contributed by atoms with Crippen molar-refractivity contribution in [1.82, 2.24) is 15.5 Å². The predicted octanol–water partition coefficient (Wildman–Crippen LogP) is 0.729. The van der Waals surface area contributed by atoms with Gasteiger partial charge in [-0.3, -0.25) is 4.79 Å². The molecule has 2 saturated heterocycles. The first kappa shape index (κ1) is 12.8. The first-order chi connectivity index (χ1) is 8.29. The van der Waals surface area contributed by atoms with Crippen LogP contribution in [0.1, 0.15) is 39.0 Å². The lowest BCUT2D eigenvalue weighted by Gasteiger charge is -2.35. The van der Waals surface area contributed by atoms with Crippen molar-refractivity contribution in [2.24, 2.45) is 0 Å². The molecule has 2 rings (SSSR count). The monoisotopic (exact) mass is 239 g/mol. The summed E-state index contributed by atoms with van der Waals surface area (Å²) < 4.78 is 0. The summed E-state index contributed by atoms with van der Waals surface area (Å²) in [6, 6.07) is 1.14. The molecule has 4 heteroatoms. The van der Waals surface area contributed by atoms with Gasteiger partial charge in [0.25, 0.3) is 0 Å². The predicted molar refractivity (Wildman–Crippen MR) is 68.9 cm³/mol. The highest BCUT2D eigenvalue weighted by Crippen LogP contribution is 2.26. The maximum absolute atomic E-state index is 11.7. The third-order valence-electron chi connectivity index (χ3n) is 3.90. The van der Waals surface area contributed by atoms with Gasteiger partial charge in [-0.05, 0) is 45.2 Å². The number of carbonyl (C=O) groups is 1. The number of amides is 1. The van der Waals surface area contributed by atoms with Crippen LogP contribution in [0.25, 0.3) is 0 Å². The maximum atomic E-state index is 11.7. The lowest BCUT2D eigenvalue weighted by atomic mass is 9.97. The normalized spacial score (nSPS) is 29.0. The molecule has 0 saturated carbocycles. The van der Waals surface area contributed by atoms with Crippen molar-refractivity contribution in [3.63, 3.8) is 0 Å². The number of nitrogens with one attached hydrogen (secondary N) is 2. The Hall–Kier alpha value is -0.610. The van der Waals surface area contributed by atoms with Gasteiger partial charge >= 0.3 is 0 Å². The second kappa shape index (κ2) is 6.36. The quantitative estimate of drug-likeness (QED) is 0.695. The fourth-order valence-corrected chi connectivity index (χ4v) is 3.01. The Morgan fingerprint density at radius 2 is 2.24 bits per heavy atom. The van der Waals surface area contributed by atoms with E-state index in [-0.39, 0.29) is 5.91 Å². The number of fused-ring (bicyclic) bond motifs is 1. The molecule has 2 N–H and O–H groups in total. The van der Waals surface area contributed by atoms with E-state index in [2.05, 4.69) is 22.5 Å². The highest BCUT2D eigenvalue weighted by atomic mass is 16.1. The second-order valence-electron chi connectivity index (χ2n) is 5.30. The van der Waals surface area contributed by atoms with Crippen LogP contribution < -0.4 is 10.6 Å². The van der Waals surface area contributed by atoms with Crippen molar-refractivity contribution in [1.29, 1.82) is 0 Å². The van der Waals surface area contributed by atoms with E-state index in [1.807, 2.05) is 0 Å². The fourth-order valence-electron chi connectivity index (χ4n) is 3.01. The van der Waals surface area contributed by atoms with Crippen LogP contribution in [0.2, 0.25) is 0 Å². The minimum Gasteiger partial charge on any atom is -0.352 e. The number of rotatable bonds is 5. The smallest absolute Gasteiger partial charge is 0.234 e. The third-order valence-corrected chi connectivity index (χ3v) is 3.90. The molecule has 4 nitrogen and oxygen atoms in total. The summed E-state index contributed by atoms with van der Waals surface area (Å²) in [7, 11) is 0. The SMILES string of the molecule is CCCNCC(=O)NC1CCN2CCCC2C1. The van der Waals surface area contributed by atoms with Crippen molar-refractivity contribution in [3.05, 3.63) is 0 Å². The summed E-state index contributed by atoms with van der Waals surface area (Å²) in [4.78, 5) is 14.3. The average Bonchev–Trinajstić information content (AvgIpc) is 2.76. The number of nitrogens with zero attached hydrogens (tertiary/aromatic N) is 1. The van der Waals surface area contributed by atoms with E-state index in [1.54, 1.807) is 0 Å². The number of hydrogen-bond acceptors (Lipinski definition) is 3. The molecule has 2 atom stereocenters. The van der Waals surface area contributed by atoms with Gasteiger partial charge in [0, 0.05) is 18.6 Å². The highest BCUT2D eigenvalue weighted by molar-refractivity contribution is 5.78. The standard InChI is InChI=1S/C13H25N3O/c1-2-6-14-10-13(17)15-11-5-8-16-7-3-4-12(16)9-11/h11-12,14H,2-10H2,1H3,(H,15,17). The molecule has 2 aliphatic rings. The minimum atomic E-state index is 0.162. The third kappa shape index (κ3) is 3.68. The largest absolute Gasteiger partial charge is 0.352 e. The van der Waals surface area contributed by atoms with Crippen LogP contribution in [0, 0.1) is 0 Å². The molecule has 0 aromatic carbocycles. The summed E-state index contributed by atoms with van der Waals surface area (Å²) in [6.07, 6.45) is 6.01.